The van der Waals surface area contributed by atoms with E-state index in [2.05, 4.69) is 15.7 Å². The van der Waals surface area contributed by atoms with Gasteiger partial charge in [-0.1, -0.05) is 6.07 Å². The summed E-state index contributed by atoms with van der Waals surface area (Å²) >= 11 is 0. The molecule has 0 bridgehead atoms. The lowest BCUT2D eigenvalue weighted by molar-refractivity contribution is 0.0326. The molecule has 24 heavy (non-hydrogen) atoms. The van der Waals surface area contributed by atoms with Gasteiger partial charge in [0.15, 0.2) is 0 Å². The fourth-order valence-electron chi connectivity index (χ4n) is 2.50. The Morgan fingerprint density at radius 2 is 2.12 bits per heavy atom. The number of hydrogen-bond donors (Lipinski definition) is 3. The van der Waals surface area contributed by atoms with Crippen LogP contribution >= 0.6 is 0 Å². The molecule has 3 N–H and O–H groups in total. The first-order valence-corrected chi connectivity index (χ1v) is 7.76. The van der Waals surface area contributed by atoms with Gasteiger partial charge in [-0.05, 0) is 39.2 Å². The molecule has 1 aromatic carbocycles. The Balaban J connectivity index is 1.98. The summed E-state index contributed by atoms with van der Waals surface area (Å²) in [5.74, 6) is -0.219. The highest BCUT2D eigenvalue weighted by molar-refractivity contribution is 5.95. The van der Waals surface area contributed by atoms with Gasteiger partial charge in [0.2, 0.25) is 0 Å². The number of aromatic nitrogens is 2. The number of nitrogens with zero attached hydrogens (tertiary/aromatic N) is 3. The number of aliphatic hydroxyl groups is 1. The van der Waals surface area contributed by atoms with Crippen molar-refractivity contribution >= 4 is 17.3 Å². The number of rotatable bonds is 7. The second kappa shape index (κ2) is 7.46. The maximum Gasteiger partial charge on any atom is 0.251 e. The van der Waals surface area contributed by atoms with Crippen LogP contribution in [0.25, 0.3) is 0 Å². The normalized spacial score (nSPS) is 13.6. The highest BCUT2D eigenvalue weighted by Crippen LogP contribution is 2.17. The number of hydrogen-bond acceptors (Lipinski definition) is 5. The van der Waals surface area contributed by atoms with Gasteiger partial charge in [-0.15, -0.1) is 0 Å². The molecule has 0 radical (unpaired) electrons. The zero-order valence-corrected chi connectivity index (χ0v) is 14.6. The molecule has 130 valence electrons. The van der Waals surface area contributed by atoms with Crippen molar-refractivity contribution < 1.29 is 9.90 Å². The van der Waals surface area contributed by atoms with Gasteiger partial charge in [0, 0.05) is 37.6 Å². The van der Waals surface area contributed by atoms with E-state index in [0.29, 0.717) is 12.1 Å². The number of anilines is 2. The van der Waals surface area contributed by atoms with Crippen LogP contribution in [0.4, 0.5) is 11.4 Å². The molecule has 1 heterocycles. The lowest BCUT2D eigenvalue weighted by Crippen LogP contribution is -2.47. The van der Waals surface area contributed by atoms with Crippen LogP contribution in [0.5, 0.6) is 0 Å². The molecule has 2 aromatic rings. The average Bonchev–Trinajstić information content (AvgIpc) is 2.89. The Hall–Kier alpha value is -2.38. The number of likely N-dealkylation sites (N-methyl/N-ethyl adjacent to an activating group) is 1. The molecule has 0 aliphatic rings. The standard InChI is InChI=1S/C17H25N5O2/c1-17(24,12-21(2)3)11-18-16(23)13-6-5-7-14(8-13)20-15-9-19-22(4)10-15/h5-10,20,24H,11-12H2,1-4H3,(H,18,23). The molecule has 7 heteroatoms. The van der Waals surface area contributed by atoms with Crippen LogP contribution in [0.3, 0.4) is 0 Å². The fourth-order valence-corrected chi connectivity index (χ4v) is 2.50. The van der Waals surface area contributed by atoms with Crippen molar-refractivity contribution in [2.75, 3.05) is 32.5 Å². The first-order valence-electron chi connectivity index (χ1n) is 7.76. The monoisotopic (exact) mass is 331 g/mol. The highest BCUT2D eigenvalue weighted by Gasteiger charge is 2.22. The van der Waals surface area contributed by atoms with Crippen LogP contribution in [-0.2, 0) is 7.05 Å². The number of aryl methyl sites for hydroxylation is 1. The average molecular weight is 331 g/mol. The molecule has 0 fully saturated rings. The van der Waals surface area contributed by atoms with Crippen LogP contribution in [0, 0.1) is 0 Å². The minimum atomic E-state index is -0.981. The summed E-state index contributed by atoms with van der Waals surface area (Å²) in [6.07, 6.45) is 3.57. The maximum atomic E-state index is 12.3. The highest BCUT2D eigenvalue weighted by atomic mass is 16.3. The quantitative estimate of drug-likeness (QED) is 0.710. The third-order valence-corrected chi connectivity index (χ3v) is 3.40. The van der Waals surface area contributed by atoms with Crippen molar-refractivity contribution in [2.45, 2.75) is 12.5 Å². The molecule has 0 aliphatic heterocycles. The molecule has 0 saturated heterocycles. The maximum absolute atomic E-state index is 12.3. The lowest BCUT2D eigenvalue weighted by Gasteiger charge is -2.27. The number of amides is 1. The first-order chi connectivity index (χ1) is 11.2. The largest absolute Gasteiger partial charge is 0.387 e. The lowest BCUT2D eigenvalue weighted by atomic mass is 10.1. The van der Waals surface area contributed by atoms with Crippen molar-refractivity contribution in [3.8, 4) is 0 Å². The summed E-state index contributed by atoms with van der Waals surface area (Å²) in [6.45, 7) is 2.35. The van der Waals surface area contributed by atoms with E-state index < -0.39 is 5.60 Å². The molecular formula is C17H25N5O2. The second-order valence-corrected chi connectivity index (χ2v) is 6.53. The summed E-state index contributed by atoms with van der Waals surface area (Å²) < 4.78 is 1.70. The number of carbonyl (C=O) groups is 1. The Bertz CT molecular complexity index is 694. The first kappa shape index (κ1) is 18.0. The zero-order valence-electron chi connectivity index (χ0n) is 14.6. The summed E-state index contributed by atoms with van der Waals surface area (Å²) in [5.41, 5.74) is 1.20. The van der Waals surface area contributed by atoms with Gasteiger partial charge >= 0.3 is 0 Å². The van der Waals surface area contributed by atoms with Gasteiger partial charge in [-0.3, -0.25) is 9.48 Å². The van der Waals surface area contributed by atoms with Crippen LogP contribution in [0.1, 0.15) is 17.3 Å². The Morgan fingerprint density at radius 1 is 1.38 bits per heavy atom. The van der Waals surface area contributed by atoms with E-state index in [1.807, 2.05) is 44.4 Å². The van der Waals surface area contributed by atoms with Gasteiger partial charge in [0.1, 0.15) is 0 Å². The molecule has 1 atom stereocenters. The molecule has 0 spiro atoms. The van der Waals surface area contributed by atoms with Crippen molar-refractivity contribution in [2.24, 2.45) is 7.05 Å². The molecule has 2 rings (SSSR count). The van der Waals surface area contributed by atoms with Crippen molar-refractivity contribution in [1.82, 2.24) is 20.0 Å². The number of carbonyl (C=O) groups excluding carboxylic acids is 1. The van der Waals surface area contributed by atoms with Gasteiger partial charge < -0.3 is 20.6 Å². The summed E-state index contributed by atoms with van der Waals surface area (Å²) in [5, 5.41) is 20.3. The van der Waals surface area contributed by atoms with Gasteiger partial charge in [-0.2, -0.15) is 5.10 Å². The molecule has 7 nitrogen and oxygen atoms in total. The topological polar surface area (TPSA) is 82.4 Å². The zero-order chi connectivity index (χ0) is 17.7. The summed E-state index contributed by atoms with van der Waals surface area (Å²) in [6, 6.07) is 7.20. The van der Waals surface area contributed by atoms with E-state index in [9.17, 15) is 9.90 Å². The third kappa shape index (κ3) is 5.36. The van der Waals surface area contributed by atoms with E-state index in [1.54, 1.807) is 29.9 Å². The minimum Gasteiger partial charge on any atom is -0.387 e. The van der Waals surface area contributed by atoms with Gasteiger partial charge in [0.05, 0.1) is 17.5 Å². The Labute approximate surface area is 142 Å². The molecule has 1 aromatic heterocycles. The van der Waals surface area contributed by atoms with Crippen LogP contribution in [0.15, 0.2) is 36.7 Å². The predicted octanol–water partition coefficient (Wildman–Crippen LogP) is 1.21. The Kier molecular flexibility index (Phi) is 5.58. The smallest absolute Gasteiger partial charge is 0.251 e. The minimum absolute atomic E-state index is 0.185. The van der Waals surface area contributed by atoms with E-state index in [4.69, 9.17) is 0 Å². The molecule has 0 aliphatic carbocycles. The van der Waals surface area contributed by atoms with Crippen molar-refractivity contribution in [3.05, 3.63) is 42.2 Å². The summed E-state index contributed by atoms with van der Waals surface area (Å²) in [7, 11) is 5.60. The number of nitrogens with one attached hydrogen (secondary N) is 2. The van der Waals surface area contributed by atoms with Crippen LogP contribution in [-0.4, -0.2) is 58.5 Å². The van der Waals surface area contributed by atoms with Crippen molar-refractivity contribution in [1.29, 1.82) is 0 Å². The van der Waals surface area contributed by atoms with Gasteiger partial charge in [-0.25, -0.2) is 0 Å². The SMILES string of the molecule is CN(C)CC(C)(O)CNC(=O)c1cccc(Nc2cnn(C)c2)c1. The van der Waals surface area contributed by atoms with Crippen LogP contribution in [0.2, 0.25) is 0 Å². The molecule has 1 unspecified atom stereocenters. The molecule has 0 saturated carbocycles. The van der Waals surface area contributed by atoms with Crippen LogP contribution < -0.4 is 10.6 Å². The van der Waals surface area contributed by atoms with E-state index in [0.717, 1.165) is 11.4 Å². The number of benzene rings is 1. The van der Waals surface area contributed by atoms with E-state index in [-0.39, 0.29) is 12.5 Å². The third-order valence-electron chi connectivity index (χ3n) is 3.40. The Morgan fingerprint density at radius 3 is 2.75 bits per heavy atom. The summed E-state index contributed by atoms with van der Waals surface area (Å²) in [4.78, 5) is 14.2. The second-order valence-electron chi connectivity index (χ2n) is 6.53. The van der Waals surface area contributed by atoms with E-state index >= 15 is 0 Å². The fraction of sp³-hybridized carbons (Fsp3) is 0.412. The van der Waals surface area contributed by atoms with E-state index in [1.165, 1.54) is 0 Å². The van der Waals surface area contributed by atoms with Crippen molar-refractivity contribution in [3.63, 3.8) is 0 Å². The predicted molar refractivity (Wildman–Crippen MR) is 94.4 cm³/mol. The molecular weight excluding hydrogens is 306 g/mol. The molecule has 1 amide bonds. The van der Waals surface area contributed by atoms with Gasteiger partial charge in [0.25, 0.3) is 5.91 Å².